The van der Waals surface area contributed by atoms with Crippen molar-refractivity contribution >= 4 is 30.5 Å². The molecule has 1 saturated heterocycles. The lowest BCUT2D eigenvalue weighted by atomic mass is 9.74. The highest BCUT2D eigenvalue weighted by atomic mass is 35.5. The van der Waals surface area contributed by atoms with E-state index in [1.54, 1.807) is 6.07 Å². The monoisotopic (exact) mass is 460 g/mol. The van der Waals surface area contributed by atoms with E-state index in [9.17, 15) is 9.82 Å². The van der Waals surface area contributed by atoms with Gasteiger partial charge in [-0.25, -0.2) is 0 Å². The van der Waals surface area contributed by atoms with Crippen molar-refractivity contribution in [1.82, 2.24) is 4.90 Å². The molecule has 5 rings (SSSR count). The van der Waals surface area contributed by atoms with E-state index in [1.165, 1.54) is 5.56 Å². The second-order valence-electron chi connectivity index (χ2n) is 8.98. The highest BCUT2D eigenvalue weighted by molar-refractivity contribution is 6.45. The minimum absolute atomic E-state index is 0.0123. The summed E-state index contributed by atoms with van der Waals surface area (Å²) in [5.74, 6) is 0.929. The van der Waals surface area contributed by atoms with Crippen molar-refractivity contribution in [1.29, 1.82) is 0 Å². The summed E-state index contributed by atoms with van der Waals surface area (Å²) >= 11 is 6.39. The van der Waals surface area contributed by atoms with Crippen LogP contribution in [0.15, 0.2) is 60.7 Å². The molecule has 1 spiro atoms. The highest BCUT2D eigenvalue weighted by Crippen LogP contribution is 2.46. The molecule has 1 amide bonds. The molecule has 1 fully saturated rings. The number of benzene rings is 3. The number of rotatable bonds is 4. The predicted molar refractivity (Wildman–Crippen MR) is 133 cm³/mol. The van der Waals surface area contributed by atoms with Crippen molar-refractivity contribution < 1.29 is 14.6 Å². The van der Waals surface area contributed by atoms with Crippen molar-refractivity contribution in [2.24, 2.45) is 5.73 Å². The van der Waals surface area contributed by atoms with Gasteiger partial charge in [-0.05, 0) is 53.8 Å². The van der Waals surface area contributed by atoms with Gasteiger partial charge in [-0.15, -0.1) is 0 Å². The topological polar surface area (TPSA) is 75.8 Å². The molecule has 3 aromatic rings. The third-order valence-corrected chi connectivity index (χ3v) is 7.17. The first-order valence-corrected chi connectivity index (χ1v) is 11.7. The molecule has 0 aromatic heterocycles. The molecule has 3 N–H and O–H groups in total. The van der Waals surface area contributed by atoms with Crippen LogP contribution in [0, 0.1) is 0 Å². The van der Waals surface area contributed by atoms with Crippen molar-refractivity contribution in [3.63, 3.8) is 0 Å². The molecule has 0 aliphatic carbocycles. The van der Waals surface area contributed by atoms with Crippen molar-refractivity contribution in [3.8, 4) is 16.9 Å². The highest BCUT2D eigenvalue weighted by Gasteiger charge is 2.44. The van der Waals surface area contributed by atoms with Gasteiger partial charge in [-0.3, -0.25) is 4.79 Å². The number of halogens is 1. The van der Waals surface area contributed by atoms with Crippen molar-refractivity contribution in [3.05, 3.63) is 82.4 Å². The summed E-state index contributed by atoms with van der Waals surface area (Å²) in [5, 5.41) is 9.97. The van der Waals surface area contributed by atoms with Gasteiger partial charge >= 0.3 is 7.48 Å². The Morgan fingerprint density at radius 2 is 1.91 bits per heavy atom. The molecular weight excluding hydrogens is 435 g/mol. The maximum Gasteiger partial charge on any atom is 0.304 e. The fourth-order valence-electron chi connectivity index (χ4n) is 5.00. The second kappa shape index (κ2) is 8.86. The van der Waals surface area contributed by atoms with Gasteiger partial charge in [0.1, 0.15) is 5.75 Å². The van der Waals surface area contributed by atoms with Gasteiger partial charge in [0.05, 0.1) is 6.61 Å². The fourth-order valence-corrected chi connectivity index (χ4v) is 5.24. The number of ether oxygens (including phenoxy) is 1. The summed E-state index contributed by atoms with van der Waals surface area (Å²) < 4.78 is 5.99. The smallest absolute Gasteiger partial charge is 0.304 e. The van der Waals surface area contributed by atoms with Gasteiger partial charge in [-0.1, -0.05) is 53.5 Å². The van der Waals surface area contributed by atoms with E-state index >= 15 is 0 Å². The summed E-state index contributed by atoms with van der Waals surface area (Å²) in [4.78, 5) is 15.3. The van der Waals surface area contributed by atoms with E-state index in [-0.39, 0.29) is 18.8 Å². The van der Waals surface area contributed by atoms with Crippen molar-refractivity contribution in [2.45, 2.75) is 24.8 Å². The molecule has 2 aliphatic heterocycles. The molecule has 5 nitrogen and oxygen atoms in total. The first kappa shape index (κ1) is 22.0. The maximum absolute atomic E-state index is 13.4. The second-order valence-corrected chi connectivity index (χ2v) is 9.42. The predicted octanol–water partition coefficient (Wildman–Crippen LogP) is 3.00. The molecule has 2 heterocycles. The summed E-state index contributed by atoms with van der Waals surface area (Å²) in [6, 6.07) is 19.3. The van der Waals surface area contributed by atoms with Crippen LogP contribution in [0.5, 0.6) is 5.75 Å². The van der Waals surface area contributed by atoms with E-state index in [2.05, 4.69) is 6.07 Å². The zero-order valence-electron chi connectivity index (χ0n) is 18.4. The number of hydrogen-bond acceptors (Lipinski definition) is 4. The van der Waals surface area contributed by atoms with Crippen LogP contribution in [0.2, 0.25) is 5.02 Å². The van der Waals surface area contributed by atoms with Crippen LogP contribution in [-0.4, -0.2) is 43.0 Å². The van der Waals surface area contributed by atoms with Crippen LogP contribution in [-0.2, 0) is 12.0 Å². The normalized spacial score (nSPS) is 16.4. The standard InChI is InChI=1S/C26H26BClN2O3/c28-22-13-19(18-2-1-3-21(12-18)27-32)11-20(14-22)25(31)30-8-6-26(7-9-30)16-33-24-5-4-17(15-29)10-23(24)26/h1-5,10-14,27,32H,6-9,15-16,29H2. The van der Waals surface area contributed by atoms with Crippen LogP contribution in [0.4, 0.5) is 0 Å². The number of carbonyl (C=O) groups is 1. The molecule has 168 valence electrons. The average Bonchev–Trinajstić information content (AvgIpc) is 3.20. The number of carbonyl (C=O) groups excluding carboxylic acids is 1. The molecule has 7 heteroatoms. The van der Waals surface area contributed by atoms with Gasteiger partial charge in [0.2, 0.25) is 0 Å². The average molecular weight is 461 g/mol. The SMILES string of the molecule is NCc1ccc2c(c1)C1(CCN(C(=O)c3cc(Cl)cc(-c4cccc(BO)c4)c3)CC1)CO2. The number of nitrogens with zero attached hydrogens (tertiary/aromatic N) is 1. The Bertz CT molecular complexity index is 1210. The van der Waals surface area contributed by atoms with E-state index in [4.69, 9.17) is 22.1 Å². The molecule has 0 bridgehead atoms. The van der Waals surface area contributed by atoms with Gasteiger partial charge in [-0.2, -0.15) is 0 Å². The first-order chi connectivity index (χ1) is 16.0. The maximum atomic E-state index is 13.4. The van der Waals surface area contributed by atoms with Crippen molar-refractivity contribution in [2.75, 3.05) is 19.7 Å². The lowest BCUT2D eigenvalue weighted by Crippen LogP contribution is -2.46. The summed E-state index contributed by atoms with van der Waals surface area (Å²) in [6.45, 7) is 2.49. The zero-order chi connectivity index (χ0) is 23.0. The molecular formula is C26H26BClN2O3. The number of hydrogen-bond donors (Lipinski definition) is 2. The Kier molecular flexibility index (Phi) is 5.91. The largest absolute Gasteiger partial charge is 0.492 e. The molecule has 3 aromatic carbocycles. The van der Waals surface area contributed by atoms with E-state index in [0.717, 1.165) is 40.7 Å². The lowest BCUT2D eigenvalue weighted by Gasteiger charge is -2.38. The number of fused-ring (bicyclic) bond motifs is 2. The van der Waals surface area contributed by atoms with Gasteiger partial charge in [0.25, 0.3) is 5.91 Å². The minimum atomic E-state index is -0.0540. The van der Waals surface area contributed by atoms with Crippen LogP contribution in [0.3, 0.4) is 0 Å². The fraction of sp³-hybridized carbons (Fsp3) is 0.269. The molecule has 0 saturated carbocycles. The van der Waals surface area contributed by atoms with Crippen LogP contribution in [0.25, 0.3) is 11.1 Å². The first-order valence-electron chi connectivity index (χ1n) is 11.3. The number of likely N-dealkylation sites (tertiary alicyclic amines) is 1. The van der Waals surface area contributed by atoms with E-state index in [1.807, 2.05) is 53.4 Å². The molecule has 0 atom stereocenters. The number of nitrogens with two attached hydrogens (primary N) is 1. The van der Waals surface area contributed by atoms with Gasteiger partial charge in [0.15, 0.2) is 0 Å². The minimum Gasteiger partial charge on any atom is -0.492 e. The van der Waals surface area contributed by atoms with Gasteiger partial charge in [0, 0.05) is 41.2 Å². The zero-order valence-corrected chi connectivity index (χ0v) is 19.1. The molecule has 0 unspecified atom stereocenters. The molecule has 0 radical (unpaired) electrons. The van der Waals surface area contributed by atoms with Crippen LogP contribution < -0.4 is 15.9 Å². The third kappa shape index (κ3) is 4.15. The van der Waals surface area contributed by atoms with Crippen LogP contribution >= 0.6 is 11.6 Å². The Morgan fingerprint density at radius 3 is 2.67 bits per heavy atom. The Labute approximate surface area is 199 Å². The third-order valence-electron chi connectivity index (χ3n) is 6.95. The summed E-state index contributed by atoms with van der Waals surface area (Å²) in [5.41, 5.74) is 11.3. The number of amides is 1. The Hall–Kier alpha value is -2.80. The van der Waals surface area contributed by atoms with Crippen LogP contribution in [0.1, 0.15) is 34.3 Å². The Balaban J connectivity index is 1.36. The quantitative estimate of drug-likeness (QED) is 0.587. The number of piperidine rings is 1. The lowest BCUT2D eigenvalue weighted by molar-refractivity contribution is 0.0646. The summed E-state index contributed by atoms with van der Waals surface area (Å²) in [7, 11) is -0.0324. The molecule has 33 heavy (non-hydrogen) atoms. The van der Waals surface area contributed by atoms with Gasteiger partial charge < -0.3 is 20.4 Å². The summed E-state index contributed by atoms with van der Waals surface area (Å²) in [6.07, 6.45) is 1.71. The van der Waals surface area contributed by atoms with E-state index in [0.29, 0.717) is 36.8 Å². The Morgan fingerprint density at radius 1 is 1.09 bits per heavy atom. The molecule has 2 aliphatic rings. The van der Waals surface area contributed by atoms with E-state index < -0.39 is 0 Å².